The molecule has 0 atom stereocenters. The first-order valence-corrected chi connectivity index (χ1v) is 10.3. The van der Waals surface area contributed by atoms with Crippen LogP contribution in [-0.4, -0.2) is 29.9 Å². The third kappa shape index (κ3) is 3.85. The Hall–Kier alpha value is -2.92. The van der Waals surface area contributed by atoms with Crippen molar-refractivity contribution in [3.05, 3.63) is 45.3 Å². The van der Waals surface area contributed by atoms with E-state index in [1.807, 2.05) is 12.1 Å². The summed E-state index contributed by atoms with van der Waals surface area (Å²) in [7, 11) is 0. The van der Waals surface area contributed by atoms with E-state index in [0.29, 0.717) is 36.4 Å². The van der Waals surface area contributed by atoms with Gasteiger partial charge < -0.3 is 4.90 Å². The Bertz CT molecular complexity index is 902. The Morgan fingerprint density at radius 2 is 2.04 bits per heavy atom. The fourth-order valence-corrected chi connectivity index (χ4v) is 4.88. The summed E-state index contributed by atoms with van der Waals surface area (Å²) in [6, 6.07) is 7.58. The Morgan fingerprint density at radius 3 is 2.71 bits per heavy atom. The summed E-state index contributed by atoms with van der Waals surface area (Å²) in [5.74, 6) is 0.289. The van der Waals surface area contributed by atoms with Crippen molar-refractivity contribution in [2.75, 3.05) is 18.0 Å². The van der Waals surface area contributed by atoms with Gasteiger partial charge in [-0.25, -0.2) is 4.98 Å². The minimum atomic E-state index is -0.244. The molecule has 2 aliphatic rings. The number of carbonyl (C=O) groups excluding carboxylic acids is 2. The SMILES string of the molecule is N#Cc1ccc(N2CCC(C(=O)NNC(=O)c3cc4c(s3)CCC4)CC2)nc1. The first kappa shape index (κ1) is 18.4. The molecule has 0 radical (unpaired) electrons. The monoisotopic (exact) mass is 395 g/mol. The molecule has 0 spiro atoms. The van der Waals surface area contributed by atoms with Gasteiger partial charge in [0.2, 0.25) is 5.91 Å². The largest absolute Gasteiger partial charge is 0.357 e. The Kier molecular flexibility index (Phi) is 5.26. The minimum Gasteiger partial charge on any atom is -0.357 e. The highest BCUT2D eigenvalue weighted by molar-refractivity contribution is 7.14. The molecule has 144 valence electrons. The van der Waals surface area contributed by atoms with E-state index in [2.05, 4.69) is 26.8 Å². The second-order valence-electron chi connectivity index (χ2n) is 7.13. The van der Waals surface area contributed by atoms with Crippen LogP contribution in [0.5, 0.6) is 0 Å². The number of fused-ring (bicyclic) bond motifs is 1. The number of amides is 2. The van der Waals surface area contributed by atoms with Gasteiger partial charge in [0.25, 0.3) is 5.91 Å². The van der Waals surface area contributed by atoms with E-state index in [4.69, 9.17) is 5.26 Å². The van der Waals surface area contributed by atoms with E-state index < -0.39 is 0 Å². The molecule has 3 heterocycles. The van der Waals surface area contributed by atoms with E-state index in [1.165, 1.54) is 21.8 Å². The van der Waals surface area contributed by atoms with Gasteiger partial charge in [0.05, 0.1) is 10.4 Å². The summed E-state index contributed by atoms with van der Waals surface area (Å²) in [6.45, 7) is 1.42. The van der Waals surface area contributed by atoms with E-state index in [0.717, 1.165) is 25.1 Å². The van der Waals surface area contributed by atoms with Gasteiger partial charge in [-0.05, 0) is 55.9 Å². The maximum absolute atomic E-state index is 12.4. The summed E-state index contributed by atoms with van der Waals surface area (Å²) in [5, 5.41) is 8.85. The summed E-state index contributed by atoms with van der Waals surface area (Å²) in [6.07, 6.45) is 6.19. The Labute approximate surface area is 167 Å². The number of piperidine rings is 1. The number of hydrogen-bond donors (Lipinski definition) is 2. The lowest BCUT2D eigenvalue weighted by molar-refractivity contribution is -0.126. The Morgan fingerprint density at radius 1 is 1.21 bits per heavy atom. The van der Waals surface area contributed by atoms with Crippen LogP contribution >= 0.6 is 11.3 Å². The quantitative estimate of drug-likeness (QED) is 0.777. The number of nitrogens with zero attached hydrogens (tertiary/aromatic N) is 3. The number of anilines is 1. The molecule has 4 rings (SSSR count). The van der Waals surface area contributed by atoms with Crippen LogP contribution in [0.25, 0.3) is 0 Å². The molecule has 1 saturated heterocycles. The average Bonchev–Trinajstić information content (AvgIpc) is 3.34. The highest BCUT2D eigenvalue weighted by Crippen LogP contribution is 2.30. The number of pyridine rings is 1. The maximum Gasteiger partial charge on any atom is 0.279 e. The smallest absolute Gasteiger partial charge is 0.279 e. The van der Waals surface area contributed by atoms with Crippen LogP contribution < -0.4 is 15.8 Å². The molecule has 2 amide bonds. The molecule has 2 aromatic rings. The van der Waals surface area contributed by atoms with E-state index >= 15 is 0 Å². The normalized spacial score (nSPS) is 16.3. The van der Waals surface area contributed by atoms with Crippen LogP contribution in [0.4, 0.5) is 5.82 Å². The predicted molar refractivity (Wildman–Crippen MR) is 106 cm³/mol. The molecular formula is C20H21N5O2S. The predicted octanol–water partition coefficient (Wildman–Crippen LogP) is 2.18. The van der Waals surface area contributed by atoms with E-state index in [1.54, 1.807) is 12.3 Å². The zero-order valence-corrected chi connectivity index (χ0v) is 16.2. The van der Waals surface area contributed by atoms with Gasteiger partial charge in [-0.3, -0.25) is 20.4 Å². The highest BCUT2D eigenvalue weighted by atomic mass is 32.1. The van der Waals surface area contributed by atoms with Gasteiger partial charge in [-0.2, -0.15) is 5.26 Å². The number of thiophene rings is 1. The first-order chi connectivity index (χ1) is 13.6. The number of nitriles is 1. The molecule has 1 aliphatic heterocycles. The number of hydrazine groups is 1. The molecule has 0 aromatic carbocycles. The molecule has 2 aromatic heterocycles. The molecule has 0 unspecified atom stereocenters. The molecule has 7 nitrogen and oxygen atoms in total. The molecule has 8 heteroatoms. The standard InChI is InChI=1S/C20H21N5O2S/c21-11-13-4-5-18(22-12-13)25-8-6-14(7-9-25)19(26)23-24-20(27)17-10-15-2-1-3-16(15)28-17/h4-5,10,12,14H,1-3,6-9H2,(H,23,26)(H,24,27). The number of carbonyl (C=O) groups is 2. The molecule has 0 bridgehead atoms. The molecule has 2 N–H and O–H groups in total. The number of nitrogens with one attached hydrogen (secondary N) is 2. The number of hydrogen-bond acceptors (Lipinski definition) is 6. The van der Waals surface area contributed by atoms with Gasteiger partial charge in [0, 0.05) is 30.1 Å². The van der Waals surface area contributed by atoms with Crippen LogP contribution in [0, 0.1) is 17.2 Å². The molecule has 0 saturated carbocycles. The fraction of sp³-hybridized carbons (Fsp3) is 0.400. The second kappa shape index (κ2) is 7.98. The van der Waals surface area contributed by atoms with Crippen LogP contribution in [0.15, 0.2) is 24.4 Å². The van der Waals surface area contributed by atoms with E-state index in [-0.39, 0.29) is 17.7 Å². The van der Waals surface area contributed by atoms with Crippen molar-refractivity contribution in [2.24, 2.45) is 5.92 Å². The third-order valence-corrected chi connectivity index (χ3v) is 6.57. The van der Waals surface area contributed by atoms with Gasteiger partial charge in [-0.1, -0.05) is 0 Å². The second-order valence-corrected chi connectivity index (χ2v) is 8.27. The van der Waals surface area contributed by atoms with Crippen molar-refractivity contribution >= 4 is 29.0 Å². The van der Waals surface area contributed by atoms with Gasteiger partial charge in [0.1, 0.15) is 11.9 Å². The lowest BCUT2D eigenvalue weighted by atomic mass is 9.96. The topological polar surface area (TPSA) is 98.1 Å². The van der Waals surface area contributed by atoms with Crippen molar-refractivity contribution in [3.8, 4) is 6.07 Å². The van der Waals surface area contributed by atoms with Crippen molar-refractivity contribution < 1.29 is 9.59 Å². The molecule has 1 fully saturated rings. The zero-order chi connectivity index (χ0) is 19.5. The van der Waals surface area contributed by atoms with Crippen LogP contribution in [-0.2, 0) is 17.6 Å². The zero-order valence-electron chi connectivity index (χ0n) is 15.4. The summed E-state index contributed by atoms with van der Waals surface area (Å²) in [4.78, 5) is 33.0. The lowest BCUT2D eigenvalue weighted by Crippen LogP contribution is -2.47. The summed E-state index contributed by atoms with van der Waals surface area (Å²) < 4.78 is 0. The number of rotatable bonds is 3. The van der Waals surface area contributed by atoms with Crippen molar-refractivity contribution in [3.63, 3.8) is 0 Å². The van der Waals surface area contributed by atoms with Crippen molar-refractivity contribution in [1.29, 1.82) is 5.26 Å². The molecular weight excluding hydrogens is 374 g/mol. The van der Waals surface area contributed by atoms with Crippen LogP contribution in [0.1, 0.15) is 44.9 Å². The summed E-state index contributed by atoms with van der Waals surface area (Å²) >= 11 is 1.52. The number of aryl methyl sites for hydroxylation is 2. The Balaban J connectivity index is 1.25. The number of aromatic nitrogens is 1. The van der Waals surface area contributed by atoms with Gasteiger partial charge in [-0.15, -0.1) is 11.3 Å². The lowest BCUT2D eigenvalue weighted by Gasteiger charge is -2.32. The molecule has 28 heavy (non-hydrogen) atoms. The van der Waals surface area contributed by atoms with Crippen molar-refractivity contribution in [1.82, 2.24) is 15.8 Å². The fourth-order valence-electron chi connectivity index (χ4n) is 3.73. The average molecular weight is 395 g/mol. The van der Waals surface area contributed by atoms with Crippen molar-refractivity contribution in [2.45, 2.75) is 32.1 Å². The summed E-state index contributed by atoms with van der Waals surface area (Å²) in [5.41, 5.74) is 6.94. The minimum absolute atomic E-state index is 0.136. The first-order valence-electron chi connectivity index (χ1n) is 9.47. The van der Waals surface area contributed by atoms with Crippen LogP contribution in [0.2, 0.25) is 0 Å². The maximum atomic E-state index is 12.4. The van der Waals surface area contributed by atoms with Gasteiger partial charge >= 0.3 is 0 Å². The third-order valence-electron chi connectivity index (χ3n) is 5.34. The van der Waals surface area contributed by atoms with Crippen LogP contribution in [0.3, 0.4) is 0 Å². The molecule has 1 aliphatic carbocycles. The highest BCUT2D eigenvalue weighted by Gasteiger charge is 2.26. The van der Waals surface area contributed by atoms with Gasteiger partial charge in [0.15, 0.2) is 0 Å². The van der Waals surface area contributed by atoms with E-state index in [9.17, 15) is 9.59 Å².